The minimum Gasteiger partial charge on any atom is -0.399 e. The van der Waals surface area contributed by atoms with Gasteiger partial charge in [0.05, 0.1) is 13.0 Å². The van der Waals surface area contributed by atoms with Crippen molar-refractivity contribution in [3.05, 3.63) is 57.2 Å². The summed E-state index contributed by atoms with van der Waals surface area (Å²) in [7, 11) is 0. The monoisotopic (exact) mass is 364 g/mol. The number of anilines is 2. The molecule has 19 heavy (non-hydrogen) atoms. The van der Waals surface area contributed by atoms with Crippen molar-refractivity contribution in [2.75, 3.05) is 10.6 Å². The Labute approximate surface area is 125 Å². The summed E-state index contributed by atoms with van der Waals surface area (Å²) in [5, 5.41) is 0. The molecule has 2 aromatic carbocycles. The van der Waals surface area contributed by atoms with Gasteiger partial charge in [-0.15, -0.1) is 0 Å². The van der Waals surface area contributed by atoms with Crippen LogP contribution in [0, 0.1) is 3.57 Å². The zero-order valence-electron chi connectivity index (χ0n) is 10.3. The van der Waals surface area contributed by atoms with E-state index in [1.54, 1.807) is 0 Å². The molecule has 96 valence electrons. The van der Waals surface area contributed by atoms with Gasteiger partial charge in [-0.2, -0.15) is 0 Å². The number of nitrogens with two attached hydrogens (primary N) is 1. The van der Waals surface area contributed by atoms with Crippen LogP contribution in [0.1, 0.15) is 11.1 Å². The van der Waals surface area contributed by atoms with Crippen LogP contribution in [0.4, 0.5) is 11.4 Å². The zero-order chi connectivity index (χ0) is 13.4. The molecule has 2 aromatic rings. The summed E-state index contributed by atoms with van der Waals surface area (Å²) >= 11 is 2.27. The SMILES string of the molecule is Nc1ccc2c(c1)CC(=O)N2Cc1ccc(I)cc1. The highest BCUT2D eigenvalue weighted by atomic mass is 127. The molecule has 0 aromatic heterocycles. The number of rotatable bonds is 2. The summed E-state index contributed by atoms with van der Waals surface area (Å²) in [6, 6.07) is 13.9. The molecule has 0 fully saturated rings. The molecule has 1 aliphatic rings. The maximum absolute atomic E-state index is 12.1. The number of halogens is 1. The summed E-state index contributed by atoms with van der Waals surface area (Å²) < 4.78 is 1.20. The van der Waals surface area contributed by atoms with Gasteiger partial charge in [-0.1, -0.05) is 12.1 Å². The maximum Gasteiger partial charge on any atom is 0.231 e. The molecule has 0 radical (unpaired) electrons. The lowest BCUT2D eigenvalue weighted by Gasteiger charge is -2.17. The van der Waals surface area contributed by atoms with E-state index in [0.717, 1.165) is 16.8 Å². The average Bonchev–Trinajstić information content (AvgIpc) is 2.68. The van der Waals surface area contributed by atoms with E-state index in [1.807, 2.05) is 23.1 Å². The van der Waals surface area contributed by atoms with Gasteiger partial charge in [0, 0.05) is 14.9 Å². The van der Waals surface area contributed by atoms with Gasteiger partial charge in [0.2, 0.25) is 5.91 Å². The van der Waals surface area contributed by atoms with Crippen molar-refractivity contribution >= 4 is 39.9 Å². The fourth-order valence-corrected chi connectivity index (χ4v) is 2.71. The normalized spacial score (nSPS) is 13.7. The Morgan fingerprint density at radius 3 is 2.63 bits per heavy atom. The second-order valence-corrected chi connectivity index (χ2v) is 5.92. The van der Waals surface area contributed by atoms with Crippen molar-refractivity contribution in [3.8, 4) is 0 Å². The summed E-state index contributed by atoms with van der Waals surface area (Å²) in [6.45, 7) is 0.618. The number of nitrogen functional groups attached to an aromatic ring is 1. The summed E-state index contributed by atoms with van der Waals surface area (Å²) in [4.78, 5) is 13.9. The number of hydrogen-bond donors (Lipinski definition) is 1. The van der Waals surface area contributed by atoms with Crippen molar-refractivity contribution in [1.29, 1.82) is 0 Å². The van der Waals surface area contributed by atoms with E-state index in [2.05, 4.69) is 46.9 Å². The maximum atomic E-state index is 12.1. The van der Waals surface area contributed by atoms with Crippen LogP contribution in [-0.2, 0) is 17.8 Å². The van der Waals surface area contributed by atoms with Crippen molar-refractivity contribution in [2.45, 2.75) is 13.0 Å². The van der Waals surface area contributed by atoms with E-state index in [-0.39, 0.29) is 5.91 Å². The number of nitrogens with zero attached hydrogens (tertiary/aromatic N) is 1. The molecule has 1 aliphatic heterocycles. The number of fused-ring (bicyclic) bond motifs is 1. The first kappa shape index (κ1) is 12.5. The third kappa shape index (κ3) is 2.45. The molecule has 0 unspecified atom stereocenters. The van der Waals surface area contributed by atoms with Crippen molar-refractivity contribution in [3.63, 3.8) is 0 Å². The van der Waals surface area contributed by atoms with E-state index in [0.29, 0.717) is 18.7 Å². The third-order valence-electron chi connectivity index (χ3n) is 3.29. The first-order chi connectivity index (χ1) is 9.13. The van der Waals surface area contributed by atoms with Gasteiger partial charge < -0.3 is 10.6 Å². The predicted octanol–water partition coefficient (Wildman–Crippen LogP) is 2.96. The average molecular weight is 364 g/mol. The van der Waals surface area contributed by atoms with Gasteiger partial charge in [-0.25, -0.2) is 0 Å². The van der Waals surface area contributed by atoms with Gasteiger partial charge in [0.15, 0.2) is 0 Å². The van der Waals surface area contributed by atoms with Crippen LogP contribution in [0.25, 0.3) is 0 Å². The Morgan fingerprint density at radius 2 is 1.89 bits per heavy atom. The summed E-state index contributed by atoms with van der Waals surface area (Å²) in [5.74, 6) is 0.138. The second kappa shape index (κ2) is 4.85. The number of amides is 1. The highest BCUT2D eigenvalue weighted by molar-refractivity contribution is 14.1. The molecule has 0 bridgehead atoms. The number of carbonyl (C=O) groups is 1. The minimum atomic E-state index is 0.138. The molecule has 2 N–H and O–H groups in total. The Bertz CT molecular complexity index is 637. The van der Waals surface area contributed by atoms with Crippen LogP contribution in [0.15, 0.2) is 42.5 Å². The van der Waals surface area contributed by atoms with Crippen molar-refractivity contribution in [1.82, 2.24) is 0 Å². The van der Waals surface area contributed by atoms with E-state index in [4.69, 9.17) is 5.73 Å². The molecule has 0 saturated carbocycles. The third-order valence-corrected chi connectivity index (χ3v) is 4.01. The second-order valence-electron chi connectivity index (χ2n) is 4.67. The smallest absolute Gasteiger partial charge is 0.231 e. The van der Waals surface area contributed by atoms with Crippen LogP contribution in [0.5, 0.6) is 0 Å². The first-order valence-electron chi connectivity index (χ1n) is 6.07. The highest BCUT2D eigenvalue weighted by Crippen LogP contribution is 2.31. The summed E-state index contributed by atoms with van der Waals surface area (Å²) in [5.41, 5.74) is 9.62. The zero-order valence-corrected chi connectivity index (χ0v) is 12.4. The molecule has 1 amide bonds. The molecule has 3 rings (SSSR count). The number of carbonyl (C=O) groups excluding carboxylic acids is 1. The lowest BCUT2D eigenvalue weighted by atomic mass is 10.1. The van der Waals surface area contributed by atoms with Gasteiger partial charge in [-0.05, 0) is 64.0 Å². The Kier molecular flexibility index (Phi) is 3.18. The Balaban J connectivity index is 1.90. The fourth-order valence-electron chi connectivity index (χ4n) is 2.35. The van der Waals surface area contributed by atoms with E-state index in [1.165, 1.54) is 3.57 Å². The van der Waals surface area contributed by atoms with Gasteiger partial charge in [0.1, 0.15) is 0 Å². The number of benzene rings is 2. The molecular formula is C15H13IN2O. The van der Waals surface area contributed by atoms with Crippen LogP contribution in [-0.4, -0.2) is 5.91 Å². The molecule has 3 nitrogen and oxygen atoms in total. The van der Waals surface area contributed by atoms with Gasteiger partial charge in [-0.3, -0.25) is 4.79 Å². The lowest BCUT2D eigenvalue weighted by molar-refractivity contribution is -0.117. The molecule has 0 saturated heterocycles. The Morgan fingerprint density at radius 1 is 1.16 bits per heavy atom. The predicted molar refractivity (Wildman–Crippen MR) is 84.9 cm³/mol. The van der Waals surface area contributed by atoms with Crippen LogP contribution < -0.4 is 10.6 Å². The molecule has 0 aliphatic carbocycles. The molecule has 1 heterocycles. The Hall–Kier alpha value is -1.56. The molecular weight excluding hydrogens is 351 g/mol. The lowest BCUT2D eigenvalue weighted by Crippen LogP contribution is -2.25. The highest BCUT2D eigenvalue weighted by Gasteiger charge is 2.27. The minimum absolute atomic E-state index is 0.138. The molecule has 0 atom stereocenters. The summed E-state index contributed by atoms with van der Waals surface area (Å²) in [6.07, 6.45) is 0.449. The first-order valence-corrected chi connectivity index (χ1v) is 7.14. The standard InChI is InChI=1S/C15H13IN2O/c16-12-3-1-10(2-4-12)9-18-14-6-5-13(17)7-11(14)8-15(18)19/h1-7H,8-9,17H2. The molecule has 4 heteroatoms. The van der Waals surface area contributed by atoms with Crippen molar-refractivity contribution < 1.29 is 4.79 Å². The van der Waals surface area contributed by atoms with Gasteiger partial charge in [0.25, 0.3) is 0 Å². The number of hydrogen-bond acceptors (Lipinski definition) is 2. The largest absolute Gasteiger partial charge is 0.399 e. The van der Waals surface area contributed by atoms with E-state index in [9.17, 15) is 4.79 Å². The fraction of sp³-hybridized carbons (Fsp3) is 0.133. The van der Waals surface area contributed by atoms with Gasteiger partial charge >= 0.3 is 0 Å². The van der Waals surface area contributed by atoms with Crippen molar-refractivity contribution in [2.24, 2.45) is 0 Å². The van der Waals surface area contributed by atoms with E-state index >= 15 is 0 Å². The van der Waals surface area contributed by atoms with Crippen LogP contribution in [0.3, 0.4) is 0 Å². The van der Waals surface area contributed by atoms with E-state index < -0.39 is 0 Å². The molecule has 0 spiro atoms. The topological polar surface area (TPSA) is 46.3 Å². The quantitative estimate of drug-likeness (QED) is 0.658. The van der Waals surface area contributed by atoms with Crippen LogP contribution in [0.2, 0.25) is 0 Å². The van der Waals surface area contributed by atoms with Crippen LogP contribution >= 0.6 is 22.6 Å².